The van der Waals surface area contributed by atoms with Crippen LogP contribution in [0.25, 0.3) is 0 Å². The van der Waals surface area contributed by atoms with E-state index in [1.54, 1.807) is 0 Å². The Kier molecular flexibility index (Phi) is 6.23. The van der Waals surface area contributed by atoms with Crippen LogP contribution in [0, 0.1) is 5.82 Å². The maximum absolute atomic E-state index is 13.4. The molecule has 0 unspecified atom stereocenters. The van der Waals surface area contributed by atoms with Gasteiger partial charge in [0.25, 0.3) is 0 Å². The number of nitrogens with one attached hydrogen (secondary N) is 1. The first-order valence-corrected chi connectivity index (χ1v) is 11.2. The molecule has 2 amide bonds. The molecule has 1 fully saturated rings. The van der Waals surface area contributed by atoms with Gasteiger partial charge in [0, 0.05) is 18.8 Å². The zero-order valence-electron chi connectivity index (χ0n) is 16.8. The van der Waals surface area contributed by atoms with Crippen LogP contribution in [0.4, 0.5) is 10.1 Å². The molecule has 7 nitrogen and oxygen atoms in total. The molecule has 1 heterocycles. The van der Waals surface area contributed by atoms with Crippen molar-refractivity contribution in [3.63, 3.8) is 0 Å². The molecule has 1 aliphatic heterocycles. The van der Waals surface area contributed by atoms with Gasteiger partial charge in [0.15, 0.2) is 0 Å². The van der Waals surface area contributed by atoms with Crippen LogP contribution in [0.1, 0.15) is 19.4 Å². The zero-order chi connectivity index (χ0) is 21.9. The Morgan fingerprint density at radius 2 is 1.77 bits per heavy atom. The van der Waals surface area contributed by atoms with Gasteiger partial charge >= 0.3 is 0 Å². The van der Waals surface area contributed by atoms with Gasteiger partial charge in [0.05, 0.1) is 12.3 Å². The lowest BCUT2D eigenvalue weighted by Gasteiger charge is -2.46. The van der Waals surface area contributed by atoms with E-state index in [1.165, 1.54) is 43.0 Å². The summed E-state index contributed by atoms with van der Waals surface area (Å²) in [5.41, 5.74) is -0.320. The number of carbonyl (C=O) groups excluding carboxylic acids is 2. The maximum atomic E-state index is 13.4. The van der Waals surface area contributed by atoms with Crippen LogP contribution >= 0.6 is 0 Å². The van der Waals surface area contributed by atoms with Crippen molar-refractivity contribution in [2.75, 3.05) is 23.7 Å². The number of hydrogen-bond donors (Lipinski definition) is 1. The number of hydrogen-bond acceptors (Lipinski definition) is 4. The van der Waals surface area contributed by atoms with Gasteiger partial charge in [-0.25, -0.2) is 12.8 Å². The van der Waals surface area contributed by atoms with Crippen LogP contribution in [0.2, 0.25) is 0 Å². The minimum absolute atomic E-state index is 0.182. The minimum atomic E-state index is -3.69. The van der Waals surface area contributed by atoms with E-state index in [-0.39, 0.29) is 25.4 Å². The standard InChI is InChI=1S/C21H24FN3O4S/c1-3-30(28,29)24-14-19(26)25(18-11-9-17(22)10-12-18)21(2,15-24)20(27)23-13-16-7-5-4-6-8-16/h4-12H,3,13-15H2,1-2H3,(H,23,27)/t21-/m1/s1. The molecule has 0 saturated carbocycles. The topological polar surface area (TPSA) is 86.8 Å². The summed E-state index contributed by atoms with van der Waals surface area (Å²) in [5, 5.41) is 2.80. The molecule has 0 aliphatic carbocycles. The first-order chi connectivity index (χ1) is 14.2. The predicted octanol–water partition coefficient (Wildman–Crippen LogP) is 1.90. The highest BCUT2D eigenvalue weighted by Gasteiger charge is 2.50. The van der Waals surface area contributed by atoms with Crippen molar-refractivity contribution in [1.82, 2.24) is 9.62 Å². The second-order valence-corrected chi connectivity index (χ2v) is 9.57. The zero-order valence-corrected chi connectivity index (χ0v) is 17.7. The molecule has 3 rings (SSSR count). The third-order valence-corrected chi connectivity index (χ3v) is 6.94. The molecule has 1 saturated heterocycles. The van der Waals surface area contributed by atoms with Crippen molar-refractivity contribution in [2.24, 2.45) is 0 Å². The van der Waals surface area contributed by atoms with E-state index in [9.17, 15) is 22.4 Å². The van der Waals surface area contributed by atoms with Crippen LogP contribution in [0.3, 0.4) is 0 Å². The molecule has 0 radical (unpaired) electrons. The number of anilines is 1. The Balaban J connectivity index is 1.96. The summed E-state index contributed by atoms with van der Waals surface area (Å²) in [6, 6.07) is 14.4. The monoisotopic (exact) mass is 433 g/mol. The number of sulfonamides is 1. The lowest BCUT2D eigenvalue weighted by molar-refractivity contribution is -0.133. The van der Waals surface area contributed by atoms with Crippen LogP contribution < -0.4 is 10.2 Å². The number of halogens is 1. The highest BCUT2D eigenvalue weighted by Crippen LogP contribution is 2.31. The van der Waals surface area contributed by atoms with Gasteiger partial charge in [-0.3, -0.25) is 14.5 Å². The Labute approximate surface area is 175 Å². The summed E-state index contributed by atoms with van der Waals surface area (Å²) in [6.45, 7) is 2.65. The molecular weight excluding hydrogens is 409 g/mol. The molecule has 2 aromatic rings. The van der Waals surface area contributed by atoms with E-state index in [0.717, 1.165) is 9.87 Å². The fraction of sp³-hybridized carbons (Fsp3) is 0.333. The van der Waals surface area contributed by atoms with E-state index < -0.39 is 33.2 Å². The highest BCUT2D eigenvalue weighted by atomic mass is 32.2. The van der Waals surface area contributed by atoms with Crippen molar-refractivity contribution in [3.8, 4) is 0 Å². The fourth-order valence-corrected chi connectivity index (χ4v) is 4.63. The van der Waals surface area contributed by atoms with Crippen molar-refractivity contribution in [3.05, 3.63) is 66.0 Å². The molecule has 1 aliphatic rings. The largest absolute Gasteiger partial charge is 0.350 e. The second-order valence-electron chi connectivity index (χ2n) is 7.32. The van der Waals surface area contributed by atoms with Crippen molar-refractivity contribution in [1.29, 1.82) is 0 Å². The molecule has 0 bridgehead atoms. The average Bonchev–Trinajstić information content (AvgIpc) is 2.73. The lowest BCUT2D eigenvalue weighted by atomic mass is 9.94. The third-order valence-electron chi connectivity index (χ3n) is 5.17. The quantitative estimate of drug-likeness (QED) is 0.754. The Bertz CT molecular complexity index is 1030. The summed E-state index contributed by atoms with van der Waals surface area (Å²) < 4.78 is 39.3. The van der Waals surface area contributed by atoms with Crippen LogP contribution in [-0.4, -0.2) is 48.9 Å². The second kappa shape index (κ2) is 8.53. The summed E-state index contributed by atoms with van der Waals surface area (Å²) in [5.74, 6) is -1.71. The van der Waals surface area contributed by atoms with Crippen molar-refractivity contribution >= 4 is 27.5 Å². The van der Waals surface area contributed by atoms with Gasteiger partial charge in [-0.1, -0.05) is 30.3 Å². The van der Waals surface area contributed by atoms with Gasteiger partial charge in [0.2, 0.25) is 21.8 Å². The first-order valence-electron chi connectivity index (χ1n) is 9.56. The normalized spacial score (nSPS) is 20.2. The number of carbonyl (C=O) groups is 2. The van der Waals surface area contributed by atoms with Crippen molar-refractivity contribution < 1.29 is 22.4 Å². The van der Waals surface area contributed by atoms with E-state index in [0.29, 0.717) is 5.69 Å². The van der Waals surface area contributed by atoms with Gasteiger partial charge in [-0.05, 0) is 43.7 Å². The molecule has 160 valence electrons. The van der Waals surface area contributed by atoms with Crippen molar-refractivity contribution in [2.45, 2.75) is 25.9 Å². The van der Waals surface area contributed by atoms with E-state index >= 15 is 0 Å². The number of benzene rings is 2. The maximum Gasteiger partial charge on any atom is 0.247 e. The van der Waals surface area contributed by atoms with Gasteiger partial charge in [-0.15, -0.1) is 0 Å². The van der Waals surface area contributed by atoms with Crippen LogP contribution in [0.15, 0.2) is 54.6 Å². The van der Waals surface area contributed by atoms with E-state index in [4.69, 9.17) is 0 Å². The smallest absolute Gasteiger partial charge is 0.247 e. The molecule has 2 aromatic carbocycles. The number of nitrogens with zero attached hydrogens (tertiary/aromatic N) is 2. The third kappa shape index (κ3) is 4.36. The first kappa shape index (κ1) is 21.9. The van der Waals surface area contributed by atoms with Gasteiger partial charge in [0.1, 0.15) is 11.4 Å². The Hall–Kier alpha value is -2.78. The highest BCUT2D eigenvalue weighted by molar-refractivity contribution is 7.89. The van der Waals surface area contributed by atoms with E-state index in [1.807, 2.05) is 30.3 Å². The molecule has 1 atom stereocenters. The lowest BCUT2D eigenvalue weighted by Crippen LogP contribution is -2.70. The fourth-order valence-electron chi connectivity index (χ4n) is 3.51. The molecule has 0 spiro atoms. The Morgan fingerprint density at radius 3 is 2.37 bits per heavy atom. The summed E-state index contributed by atoms with van der Waals surface area (Å²) >= 11 is 0. The summed E-state index contributed by atoms with van der Waals surface area (Å²) in [6.07, 6.45) is 0. The predicted molar refractivity (Wildman–Crippen MR) is 112 cm³/mol. The van der Waals surface area contributed by atoms with Gasteiger partial charge < -0.3 is 5.32 Å². The number of rotatable bonds is 6. The molecule has 0 aromatic heterocycles. The minimum Gasteiger partial charge on any atom is -0.350 e. The van der Waals surface area contributed by atoms with Crippen LogP contribution in [0.5, 0.6) is 0 Å². The summed E-state index contributed by atoms with van der Waals surface area (Å²) in [7, 11) is -3.69. The molecule has 30 heavy (non-hydrogen) atoms. The number of amides is 2. The number of piperazine rings is 1. The van der Waals surface area contributed by atoms with E-state index in [2.05, 4.69) is 5.32 Å². The SMILES string of the molecule is CCS(=O)(=O)N1CC(=O)N(c2ccc(F)cc2)[C@@](C)(C(=O)NCc2ccccc2)C1. The van der Waals surface area contributed by atoms with Crippen LogP contribution in [-0.2, 0) is 26.2 Å². The van der Waals surface area contributed by atoms with Gasteiger partial charge in [-0.2, -0.15) is 4.31 Å². The molecule has 9 heteroatoms. The molecular formula is C21H24FN3O4S. The summed E-state index contributed by atoms with van der Waals surface area (Å²) in [4.78, 5) is 27.5. The molecule has 1 N–H and O–H groups in total. The Morgan fingerprint density at radius 1 is 1.13 bits per heavy atom. The average molecular weight is 434 g/mol.